The third-order valence-electron chi connectivity index (χ3n) is 8.39. The van der Waals surface area contributed by atoms with Gasteiger partial charge in [0.1, 0.15) is 0 Å². The van der Waals surface area contributed by atoms with Gasteiger partial charge < -0.3 is 9.47 Å². The van der Waals surface area contributed by atoms with E-state index in [1.807, 2.05) is 0 Å². The summed E-state index contributed by atoms with van der Waals surface area (Å²) in [6, 6.07) is 65.0. The molecular weight excluding hydrogens is 532 g/mol. The summed E-state index contributed by atoms with van der Waals surface area (Å²) in [5, 5.41) is 2.53. The average Bonchev–Trinajstić information content (AvgIpc) is 3.44. The average molecular weight is 563 g/mol. The normalized spacial score (nSPS) is 11.2. The van der Waals surface area contributed by atoms with Crippen molar-refractivity contribution < 1.29 is 0 Å². The molecular formula is C42H30N2. The standard InChI is InChI=1S/C42H30N2/c1-4-14-34(15-5-1)43(35-16-6-2-7-17-35)40-22-12-10-20-37(40)32-26-24-31(25-27-32)33-28-29-39-38-21-11-13-23-41(38)44(42(39)30-33)36-18-8-3-9-19-36/h1-30H. The van der Waals surface area contributed by atoms with E-state index < -0.39 is 0 Å². The van der Waals surface area contributed by atoms with Gasteiger partial charge in [-0.3, -0.25) is 0 Å². The molecule has 8 aromatic rings. The van der Waals surface area contributed by atoms with Gasteiger partial charge in [-0.15, -0.1) is 0 Å². The molecule has 0 saturated carbocycles. The molecule has 8 rings (SSSR count). The SMILES string of the molecule is c1ccc(N(c2ccccc2)c2ccccc2-c2ccc(-c3ccc4c5ccccc5n(-c5ccccc5)c4c3)cc2)cc1. The number of aromatic nitrogens is 1. The molecule has 7 aromatic carbocycles. The summed E-state index contributed by atoms with van der Waals surface area (Å²) in [5.74, 6) is 0. The first kappa shape index (κ1) is 25.8. The Kier molecular flexibility index (Phi) is 6.51. The first-order valence-corrected chi connectivity index (χ1v) is 15.0. The summed E-state index contributed by atoms with van der Waals surface area (Å²) in [6.45, 7) is 0. The lowest BCUT2D eigenvalue weighted by Crippen LogP contribution is -2.10. The minimum absolute atomic E-state index is 1.13. The van der Waals surface area contributed by atoms with Crippen LogP contribution in [0, 0.1) is 0 Å². The minimum Gasteiger partial charge on any atom is -0.310 e. The molecule has 0 aliphatic rings. The van der Waals surface area contributed by atoms with Gasteiger partial charge >= 0.3 is 0 Å². The summed E-state index contributed by atoms with van der Waals surface area (Å²) < 4.78 is 2.38. The molecule has 1 aromatic heterocycles. The molecule has 0 aliphatic heterocycles. The molecule has 0 saturated heterocycles. The van der Waals surface area contributed by atoms with Crippen molar-refractivity contribution >= 4 is 38.9 Å². The second-order valence-corrected chi connectivity index (χ2v) is 11.0. The zero-order chi connectivity index (χ0) is 29.3. The van der Waals surface area contributed by atoms with Gasteiger partial charge in [-0.05, 0) is 71.3 Å². The van der Waals surface area contributed by atoms with E-state index in [2.05, 4.69) is 191 Å². The Morgan fingerprint density at radius 2 is 0.886 bits per heavy atom. The molecule has 0 N–H and O–H groups in total. The number of rotatable bonds is 6. The maximum Gasteiger partial charge on any atom is 0.0547 e. The van der Waals surface area contributed by atoms with Crippen LogP contribution in [0.2, 0.25) is 0 Å². The van der Waals surface area contributed by atoms with Gasteiger partial charge in [0.05, 0.1) is 16.7 Å². The first-order chi connectivity index (χ1) is 21.8. The van der Waals surface area contributed by atoms with Crippen molar-refractivity contribution in [3.8, 4) is 27.9 Å². The number of anilines is 3. The Hall–Kier alpha value is -5.86. The van der Waals surface area contributed by atoms with Gasteiger partial charge in [-0.1, -0.05) is 127 Å². The smallest absolute Gasteiger partial charge is 0.0547 e. The van der Waals surface area contributed by atoms with E-state index in [4.69, 9.17) is 0 Å². The van der Waals surface area contributed by atoms with E-state index in [0.29, 0.717) is 0 Å². The molecule has 0 fully saturated rings. The van der Waals surface area contributed by atoms with Crippen LogP contribution in [0.4, 0.5) is 17.1 Å². The highest BCUT2D eigenvalue weighted by Crippen LogP contribution is 2.41. The number of hydrogen-bond acceptors (Lipinski definition) is 1. The molecule has 0 aliphatic carbocycles. The molecule has 0 bridgehead atoms. The Balaban J connectivity index is 1.22. The number of benzene rings is 7. The highest BCUT2D eigenvalue weighted by molar-refractivity contribution is 6.10. The van der Waals surface area contributed by atoms with Crippen LogP contribution in [0.15, 0.2) is 182 Å². The Morgan fingerprint density at radius 3 is 1.59 bits per heavy atom. The lowest BCUT2D eigenvalue weighted by Gasteiger charge is -2.27. The van der Waals surface area contributed by atoms with Gasteiger partial charge in [-0.2, -0.15) is 0 Å². The van der Waals surface area contributed by atoms with Crippen LogP contribution in [-0.2, 0) is 0 Å². The third-order valence-corrected chi connectivity index (χ3v) is 8.39. The summed E-state index contributed by atoms with van der Waals surface area (Å²) in [4.78, 5) is 2.33. The van der Waals surface area contributed by atoms with Crippen molar-refractivity contribution in [3.63, 3.8) is 0 Å². The molecule has 0 radical (unpaired) electrons. The van der Waals surface area contributed by atoms with E-state index in [-0.39, 0.29) is 0 Å². The molecule has 1 heterocycles. The Labute approximate surface area is 257 Å². The number of nitrogens with zero attached hydrogens (tertiary/aromatic N) is 2. The molecule has 208 valence electrons. The second-order valence-electron chi connectivity index (χ2n) is 11.0. The molecule has 2 nitrogen and oxygen atoms in total. The monoisotopic (exact) mass is 562 g/mol. The largest absolute Gasteiger partial charge is 0.310 e. The van der Waals surface area contributed by atoms with E-state index in [0.717, 1.165) is 17.1 Å². The van der Waals surface area contributed by atoms with Crippen molar-refractivity contribution in [1.29, 1.82) is 0 Å². The Morgan fingerprint density at radius 1 is 0.364 bits per heavy atom. The maximum atomic E-state index is 2.38. The fourth-order valence-corrected chi connectivity index (χ4v) is 6.34. The predicted molar refractivity (Wildman–Crippen MR) is 186 cm³/mol. The Bertz CT molecular complexity index is 2160. The van der Waals surface area contributed by atoms with Crippen molar-refractivity contribution in [2.45, 2.75) is 0 Å². The van der Waals surface area contributed by atoms with Crippen molar-refractivity contribution in [1.82, 2.24) is 4.57 Å². The topological polar surface area (TPSA) is 8.17 Å². The van der Waals surface area contributed by atoms with Crippen molar-refractivity contribution in [3.05, 3.63) is 182 Å². The van der Waals surface area contributed by atoms with Crippen molar-refractivity contribution in [2.75, 3.05) is 4.90 Å². The fourth-order valence-electron chi connectivity index (χ4n) is 6.34. The molecule has 0 unspecified atom stereocenters. The first-order valence-electron chi connectivity index (χ1n) is 15.0. The highest BCUT2D eigenvalue weighted by atomic mass is 15.1. The number of fused-ring (bicyclic) bond motifs is 3. The van der Waals surface area contributed by atoms with E-state index in [1.165, 1.54) is 49.7 Å². The van der Waals surface area contributed by atoms with E-state index in [9.17, 15) is 0 Å². The second kappa shape index (κ2) is 11.1. The summed E-state index contributed by atoms with van der Waals surface area (Å²) in [6.07, 6.45) is 0. The van der Waals surface area contributed by atoms with E-state index in [1.54, 1.807) is 0 Å². The van der Waals surface area contributed by atoms with Crippen LogP contribution in [0.25, 0.3) is 49.7 Å². The molecule has 0 amide bonds. The molecule has 0 spiro atoms. The van der Waals surface area contributed by atoms with Gasteiger partial charge in [0.2, 0.25) is 0 Å². The quantitative estimate of drug-likeness (QED) is 0.196. The van der Waals surface area contributed by atoms with Crippen LogP contribution >= 0.6 is 0 Å². The van der Waals surface area contributed by atoms with Crippen LogP contribution in [-0.4, -0.2) is 4.57 Å². The highest BCUT2D eigenvalue weighted by Gasteiger charge is 2.17. The van der Waals surface area contributed by atoms with Crippen LogP contribution in [0.1, 0.15) is 0 Å². The van der Waals surface area contributed by atoms with Crippen LogP contribution in [0.3, 0.4) is 0 Å². The zero-order valence-corrected chi connectivity index (χ0v) is 24.2. The molecule has 0 atom stereocenters. The maximum absolute atomic E-state index is 2.38. The molecule has 44 heavy (non-hydrogen) atoms. The van der Waals surface area contributed by atoms with Crippen LogP contribution < -0.4 is 4.90 Å². The lowest BCUT2D eigenvalue weighted by atomic mass is 9.97. The fraction of sp³-hybridized carbons (Fsp3) is 0. The van der Waals surface area contributed by atoms with Gasteiger partial charge in [0.15, 0.2) is 0 Å². The van der Waals surface area contributed by atoms with Crippen molar-refractivity contribution in [2.24, 2.45) is 0 Å². The summed E-state index contributed by atoms with van der Waals surface area (Å²) in [5.41, 5.74) is 11.8. The summed E-state index contributed by atoms with van der Waals surface area (Å²) in [7, 11) is 0. The number of para-hydroxylation sites is 5. The van der Waals surface area contributed by atoms with Gasteiger partial charge in [-0.25, -0.2) is 0 Å². The summed E-state index contributed by atoms with van der Waals surface area (Å²) >= 11 is 0. The van der Waals surface area contributed by atoms with Gasteiger partial charge in [0.25, 0.3) is 0 Å². The number of hydrogen-bond donors (Lipinski definition) is 0. The zero-order valence-electron chi connectivity index (χ0n) is 24.2. The third kappa shape index (κ3) is 4.54. The predicted octanol–water partition coefficient (Wildman–Crippen LogP) is 11.6. The minimum atomic E-state index is 1.13. The van der Waals surface area contributed by atoms with Gasteiger partial charge in [0, 0.05) is 33.4 Å². The lowest BCUT2D eigenvalue weighted by molar-refractivity contribution is 1.18. The van der Waals surface area contributed by atoms with Crippen LogP contribution in [0.5, 0.6) is 0 Å². The molecule has 2 heteroatoms. The van der Waals surface area contributed by atoms with E-state index >= 15 is 0 Å².